The quantitative estimate of drug-likeness (QED) is 0.873. The zero-order valence-electron chi connectivity index (χ0n) is 12.6. The van der Waals surface area contributed by atoms with Crippen LogP contribution in [0.25, 0.3) is 0 Å². The summed E-state index contributed by atoms with van der Waals surface area (Å²) in [4.78, 5) is 14.2. The number of hydrogen-bond donors (Lipinski definition) is 1. The maximum absolute atomic E-state index is 13.8. The number of rotatable bonds is 5. The van der Waals surface area contributed by atoms with E-state index in [-0.39, 0.29) is 11.7 Å². The van der Waals surface area contributed by atoms with Gasteiger partial charge in [-0.25, -0.2) is 14.4 Å². The number of hydrogen-bond acceptors (Lipinski definition) is 8. The monoisotopic (exact) mass is 317 g/mol. The van der Waals surface area contributed by atoms with Crippen LogP contribution in [0, 0.1) is 18.3 Å². The Morgan fingerprint density at radius 1 is 1.48 bits per heavy atom. The fourth-order valence-electron chi connectivity index (χ4n) is 2.62. The highest BCUT2D eigenvalue weighted by molar-refractivity contribution is 5.33. The van der Waals surface area contributed by atoms with Gasteiger partial charge in [0.2, 0.25) is 5.89 Å². The van der Waals surface area contributed by atoms with Gasteiger partial charge in [-0.05, 0) is 6.42 Å². The fraction of sp³-hybridized carbons (Fsp3) is 0.500. The second-order valence-electron chi connectivity index (χ2n) is 5.43. The highest BCUT2D eigenvalue weighted by atomic mass is 19.1. The average Bonchev–Trinajstić information content (AvgIpc) is 3.11. The van der Waals surface area contributed by atoms with E-state index in [1.54, 1.807) is 6.92 Å². The van der Waals surface area contributed by atoms with Crippen LogP contribution in [0.3, 0.4) is 0 Å². The van der Waals surface area contributed by atoms with Crippen molar-refractivity contribution in [3.8, 4) is 6.07 Å². The lowest BCUT2D eigenvalue weighted by Gasteiger charge is -2.22. The first-order valence-corrected chi connectivity index (χ1v) is 7.27. The van der Waals surface area contributed by atoms with E-state index in [9.17, 15) is 4.39 Å². The third-order valence-electron chi connectivity index (χ3n) is 3.68. The minimum absolute atomic E-state index is 0.00116. The van der Waals surface area contributed by atoms with Gasteiger partial charge in [0.15, 0.2) is 11.5 Å². The highest BCUT2D eigenvalue weighted by Gasteiger charge is 2.32. The molecular formula is C14H16FN7O. The Morgan fingerprint density at radius 3 is 3.00 bits per heavy atom. The molecule has 1 fully saturated rings. The van der Waals surface area contributed by atoms with Crippen molar-refractivity contribution in [2.45, 2.75) is 32.1 Å². The van der Waals surface area contributed by atoms with Crippen LogP contribution in [0.4, 0.5) is 10.2 Å². The van der Waals surface area contributed by atoms with Crippen LogP contribution < -0.4 is 5.32 Å². The molecule has 0 saturated carbocycles. The third kappa shape index (κ3) is 3.78. The van der Waals surface area contributed by atoms with E-state index in [0.717, 1.165) is 0 Å². The summed E-state index contributed by atoms with van der Waals surface area (Å²) in [6.45, 7) is 3.04. The van der Waals surface area contributed by atoms with E-state index in [0.29, 0.717) is 43.6 Å². The summed E-state index contributed by atoms with van der Waals surface area (Å²) < 4.78 is 18.7. The van der Waals surface area contributed by atoms with Gasteiger partial charge in [-0.2, -0.15) is 10.2 Å². The van der Waals surface area contributed by atoms with Gasteiger partial charge in [0.1, 0.15) is 18.1 Å². The largest absolute Gasteiger partial charge is 0.367 e. The van der Waals surface area contributed by atoms with Crippen LogP contribution in [-0.4, -0.2) is 50.3 Å². The van der Waals surface area contributed by atoms with Crippen molar-refractivity contribution in [2.75, 3.05) is 18.4 Å². The normalized spacial score (nSPS) is 21.3. The Morgan fingerprint density at radius 2 is 2.35 bits per heavy atom. The molecule has 1 aliphatic heterocycles. The van der Waals surface area contributed by atoms with Gasteiger partial charge in [-0.1, -0.05) is 5.16 Å². The Labute approximate surface area is 132 Å². The molecule has 2 aromatic heterocycles. The third-order valence-corrected chi connectivity index (χ3v) is 3.68. The predicted octanol–water partition coefficient (Wildman–Crippen LogP) is 1.06. The predicted molar refractivity (Wildman–Crippen MR) is 78.0 cm³/mol. The van der Waals surface area contributed by atoms with Gasteiger partial charge in [0.05, 0.1) is 18.9 Å². The summed E-state index contributed by atoms with van der Waals surface area (Å²) in [5.74, 6) is 1.61. The summed E-state index contributed by atoms with van der Waals surface area (Å²) in [5, 5.41) is 15.7. The van der Waals surface area contributed by atoms with Crippen LogP contribution in [0.1, 0.15) is 23.8 Å². The number of halogens is 1. The second kappa shape index (κ2) is 6.66. The lowest BCUT2D eigenvalue weighted by Crippen LogP contribution is -2.35. The molecule has 2 atom stereocenters. The molecule has 0 aliphatic carbocycles. The molecule has 120 valence electrons. The molecule has 1 N–H and O–H groups in total. The summed E-state index contributed by atoms with van der Waals surface area (Å²) >= 11 is 0. The second-order valence-corrected chi connectivity index (χ2v) is 5.43. The topological polar surface area (TPSA) is 104 Å². The van der Waals surface area contributed by atoms with E-state index >= 15 is 0 Å². The summed E-state index contributed by atoms with van der Waals surface area (Å²) in [7, 11) is 0. The van der Waals surface area contributed by atoms with Crippen LogP contribution in [-0.2, 0) is 6.54 Å². The van der Waals surface area contributed by atoms with Crippen molar-refractivity contribution in [1.82, 2.24) is 25.0 Å². The maximum atomic E-state index is 13.8. The van der Waals surface area contributed by atoms with Crippen molar-refractivity contribution in [1.29, 1.82) is 5.26 Å². The maximum Gasteiger partial charge on any atom is 0.223 e. The smallest absolute Gasteiger partial charge is 0.223 e. The van der Waals surface area contributed by atoms with Gasteiger partial charge in [-0.3, -0.25) is 4.90 Å². The van der Waals surface area contributed by atoms with Gasteiger partial charge in [-0.15, -0.1) is 0 Å². The summed E-state index contributed by atoms with van der Waals surface area (Å²) in [6.07, 6.45) is 2.46. The van der Waals surface area contributed by atoms with E-state index in [4.69, 9.17) is 9.78 Å². The first-order valence-electron chi connectivity index (χ1n) is 7.27. The zero-order chi connectivity index (χ0) is 16.2. The van der Waals surface area contributed by atoms with E-state index in [1.165, 1.54) is 12.4 Å². The minimum atomic E-state index is -0.873. The molecule has 0 bridgehead atoms. The van der Waals surface area contributed by atoms with Gasteiger partial charge < -0.3 is 9.84 Å². The molecule has 3 heterocycles. The molecule has 1 aliphatic rings. The first-order chi connectivity index (χ1) is 11.1. The van der Waals surface area contributed by atoms with Gasteiger partial charge in [0.25, 0.3) is 0 Å². The minimum Gasteiger partial charge on any atom is -0.367 e. The molecule has 9 heteroatoms. The number of alkyl halides is 1. The molecule has 0 spiro atoms. The molecule has 8 nitrogen and oxygen atoms in total. The lowest BCUT2D eigenvalue weighted by molar-refractivity contribution is 0.232. The molecule has 0 amide bonds. The molecule has 0 unspecified atom stereocenters. The van der Waals surface area contributed by atoms with Crippen molar-refractivity contribution in [3.63, 3.8) is 0 Å². The molecular weight excluding hydrogens is 301 g/mol. The Bertz CT molecular complexity index is 696. The number of nitrogens with zero attached hydrogens (tertiary/aromatic N) is 6. The van der Waals surface area contributed by atoms with E-state index < -0.39 is 6.17 Å². The number of nitrogens with one attached hydrogen (secondary N) is 1. The number of likely N-dealkylation sites (tertiary alicyclic amines) is 1. The van der Waals surface area contributed by atoms with Crippen molar-refractivity contribution < 1.29 is 8.91 Å². The Balaban J connectivity index is 1.59. The average molecular weight is 317 g/mol. The number of aromatic nitrogens is 4. The number of anilines is 1. The Kier molecular flexibility index (Phi) is 4.43. The number of aryl methyl sites for hydroxylation is 1. The molecule has 2 aromatic rings. The van der Waals surface area contributed by atoms with Gasteiger partial charge in [0, 0.05) is 26.1 Å². The van der Waals surface area contributed by atoms with Crippen molar-refractivity contribution >= 4 is 5.82 Å². The van der Waals surface area contributed by atoms with Crippen molar-refractivity contribution in [2.24, 2.45) is 0 Å². The standard InChI is InChI=1S/C14H16FN7O/c1-9-20-14(21-23-9)8-22-7-10(15)2-12(22)5-19-13-6-17-11(3-16)4-18-13/h4,6,10,12H,2,5,7-8H2,1H3,(H,18,19)/t10-,12-/m0/s1. The van der Waals surface area contributed by atoms with Crippen LogP contribution in [0.5, 0.6) is 0 Å². The molecule has 0 radical (unpaired) electrons. The summed E-state index contributed by atoms with van der Waals surface area (Å²) in [5.41, 5.74) is 0.259. The van der Waals surface area contributed by atoms with Crippen molar-refractivity contribution in [3.05, 3.63) is 29.8 Å². The lowest BCUT2D eigenvalue weighted by atomic mass is 10.2. The molecule has 23 heavy (non-hydrogen) atoms. The first kappa shape index (κ1) is 15.3. The Hall–Kier alpha value is -2.60. The van der Waals surface area contributed by atoms with E-state index in [1.807, 2.05) is 11.0 Å². The highest BCUT2D eigenvalue weighted by Crippen LogP contribution is 2.22. The van der Waals surface area contributed by atoms with Crippen LogP contribution in [0.2, 0.25) is 0 Å². The molecule has 0 aromatic carbocycles. The van der Waals surface area contributed by atoms with Crippen LogP contribution in [0.15, 0.2) is 16.9 Å². The molecule has 3 rings (SSSR count). The SMILES string of the molecule is Cc1nc(CN2C[C@@H](F)C[C@H]2CNc2cnc(C#N)cn2)no1. The van der Waals surface area contributed by atoms with Crippen LogP contribution >= 0.6 is 0 Å². The fourth-order valence-corrected chi connectivity index (χ4v) is 2.62. The zero-order valence-corrected chi connectivity index (χ0v) is 12.6. The molecule has 1 saturated heterocycles. The van der Waals surface area contributed by atoms with Gasteiger partial charge >= 0.3 is 0 Å². The summed E-state index contributed by atoms with van der Waals surface area (Å²) in [6, 6.07) is 1.91. The van der Waals surface area contributed by atoms with E-state index in [2.05, 4.69) is 25.4 Å². The number of nitriles is 1.